The second-order valence-corrected chi connectivity index (χ2v) is 6.80. The van der Waals surface area contributed by atoms with Crippen LogP contribution in [-0.2, 0) is 17.6 Å². The van der Waals surface area contributed by atoms with E-state index in [1.165, 1.54) is 24.7 Å². The van der Waals surface area contributed by atoms with Gasteiger partial charge in [-0.05, 0) is 43.5 Å². The Morgan fingerprint density at radius 2 is 2.12 bits per heavy atom. The highest BCUT2D eigenvalue weighted by molar-refractivity contribution is 7.71. The maximum Gasteiger partial charge on any atom is 0.341 e. The third-order valence-corrected chi connectivity index (χ3v) is 5.22. The van der Waals surface area contributed by atoms with Crippen LogP contribution >= 0.6 is 23.6 Å². The average Bonchev–Trinajstić information content (AvgIpc) is 2.91. The molecule has 1 aliphatic carbocycles. The summed E-state index contributed by atoms with van der Waals surface area (Å²) in [7, 11) is 1.33. The molecule has 7 nitrogen and oxygen atoms in total. The van der Waals surface area contributed by atoms with E-state index in [1.54, 1.807) is 0 Å². The summed E-state index contributed by atoms with van der Waals surface area (Å²) in [6.07, 6.45) is 5.04. The molecule has 0 saturated heterocycles. The predicted molar refractivity (Wildman–Crippen MR) is 93.5 cm³/mol. The number of aromatic nitrogens is 2. The van der Waals surface area contributed by atoms with Gasteiger partial charge >= 0.3 is 5.97 Å². The average molecular weight is 365 g/mol. The zero-order valence-corrected chi connectivity index (χ0v) is 14.5. The highest BCUT2D eigenvalue weighted by Crippen LogP contribution is 2.40. The normalized spacial score (nSPS) is 13.9. The quantitative estimate of drug-likeness (QED) is 0.440. The molecule has 0 bridgehead atoms. The minimum absolute atomic E-state index is 0.0245. The van der Waals surface area contributed by atoms with E-state index < -0.39 is 11.5 Å². The number of aryl methyl sites for hydroxylation is 1. The van der Waals surface area contributed by atoms with Crippen LogP contribution in [0.4, 0.5) is 5.00 Å². The van der Waals surface area contributed by atoms with E-state index in [9.17, 15) is 14.7 Å². The Labute approximate surface area is 146 Å². The fraction of sp³-hybridized carbons (Fsp3) is 0.333. The van der Waals surface area contributed by atoms with Gasteiger partial charge in [0.1, 0.15) is 10.6 Å². The summed E-state index contributed by atoms with van der Waals surface area (Å²) in [5, 5.41) is 10.3. The number of hydrogen-bond acceptors (Lipinski definition) is 7. The third kappa shape index (κ3) is 3.04. The highest BCUT2D eigenvalue weighted by atomic mass is 32.1. The fourth-order valence-corrected chi connectivity index (χ4v) is 4.09. The first-order valence-corrected chi connectivity index (χ1v) is 8.56. The first kappa shape index (κ1) is 16.6. The number of ether oxygens (including phenoxy) is 1. The molecule has 0 aromatic carbocycles. The molecule has 0 radical (unpaired) electrons. The van der Waals surface area contributed by atoms with Crippen molar-refractivity contribution in [2.75, 3.05) is 7.11 Å². The van der Waals surface area contributed by atoms with Crippen LogP contribution in [0.1, 0.15) is 39.2 Å². The summed E-state index contributed by atoms with van der Waals surface area (Å²) in [6, 6.07) is 0. The summed E-state index contributed by atoms with van der Waals surface area (Å²) < 4.78 is 4.90. The van der Waals surface area contributed by atoms with Gasteiger partial charge in [-0.1, -0.05) is 0 Å². The summed E-state index contributed by atoms with van der Waals surface area (Å²) in [5.74, 6) is -0.805. The molecule has 24 heavy (non-hydrogen) atoms. The zero-order valence-electron chi connectivity index (χ0n) is 12.8. The number of carbonyl (C=O) groups is 1. The smallest absolute Gasteiger partial charge is 0.341 e. The van der Waals surface area contributed by atoms with Crippen molar-refractivity contribution in [3.8, 4) is 5.88 Å². The summed E-state index contributed by atoms with van der Waals surface area (Å²) in [5.41, 5.74) is 0.829. The molecular weight excluding hydrogens is 350 g/mol. The Kier molecular flexibility index (Phi) is 4.63. The fourth-order valence-electron chi connectivity index (χ4n) is 2.68. The van der Waals surface area contributed by atoms with Crippen molar-refractivity contribution in [2.45, 2.75) is 25.7 Å². The van der Waals surface area contributed by atoms with Crippen molar-refractivity contribution in [3.63, 3.8) is 0 Å². The van der Waals surface area contributed by atoms with Crippen LogP contribution in [0.15, 0.2) is 9.79 Å². The molecule has 2 aromatic rings. The third-order valence-electron chi connectivity index (χ3n) is 3.81. The largest absolute Gasteiger partial charge is 0.494 e. The number of aromatic hydroxyl groups is 1. The molecule has 0 spiro atoms. The maximum atomic E-state index is 12.1. The number of esters is 1. The Bertz CT molecular complexity index is 939. The number of fused-ring (bicyclic) bond motifs is 1. The topological polar surface area (TPSA) is 108 Å². The van der Waals surface area contributed by atoms with Crippen molar-refractivity contribution in [1.82, 2.24) is 9.97 Å². The van der Waals surface area contributed by atoms with Crippen molar-refractivity contribution in [2.24, 2.45) is 4.99 Å². The number of methoxy groups -OCH3 is 1. The highest BCUT2D eigenvalue weighted by Gasteiger charge is 2.25. The number of rotatable bonds is 3. The number of nitrogens with one attached hydrogen (secondary N) is 2. The van der Waals surface area contributed by atoms with Gasteiger partial charge in [0.15, 0.2) is 4.77 Å². The van der Waals surface area contributed by atoms with E-state index in [2.05, 4.69) is 15.0 Å². The molecular formula is C15H15N3O4S2. The second-order valence-electron chi connectivity index (χ2n) is 5.31. The lowest BCUT2D eigenvalue weighted by Gasteiger charge is -2.11. The van der Waals surface area contributed by atoms with Crippen LogP contribution in [0.5, 0.6) is 5.88 Å². The van der Waals surface area contributed by atoms with Gasteiger partial charge in [-0.15, -0.1) is 11.3 Å². The van der Waals surface area contributed by atoms with E-state index >= 15 is 0 Å². The Hall–Kier alpha value is -2.26. The summed E-state index contributed by atoms with van der Waals surface area (Å²) >= 11 is 6.20. The molecule has 126 valence electrons. The minimum Gasteiger partial charge on any atom is -0.494 e. The molecule has 1 aliphatic rings. The molecule has 9 heteroatoms. The van der Waals surface area contributed by atoms with Crippen LogP contribution in [0.2, 0.25) is 0 Å². The van der Waals surface area contributed by atoms with Crippen LogP contribution in [0, 0.1) is 4.77 Å². The van der Waals surface area contributed by atoms with Gasteiger partial charge in [-0.2, -0.15) is 0 Å². The van der Waals surface area contributed by atoms with Gasteiger partial charge in [-0.25, -0.2) is 9.79 Å². The maximum absolute atomic E-state index is 12.1. The second kappa shape index (κ2) is 6.70. The van der Waals surface area contributed by atoms with E-state index in [1.807, 2.05) is 0 Å². The molecule has 0 atom stereocenters. The lowest BCUT2D eigenvalue weighted by atomic mass is 9.95. The number of nitrogens with zero attached hydrogens (tertiary/aromatic N) is 1. The van der Waals surface area contributed by atoms with Gasteiger partial charge in [0.05, 0.1) is 12.7 Å². The number of aliphatic imine (C=N–C) groups is 1. The van der Waals surface area contributed by atoms with Gasteiger partial charge in [-0.3, -0.25) is 9.78 Å². The molecule has 0 amide bonds. The van der Waals surface area contributed by atoms with Crippen LogP contribution in [0.25, 0.3) is 0 Å². The van der Waals surface area contributed by atoms with Gasteiger partial charge in [0.25, 0.3) is 5.56 Å². The molecule has 0 saturated carbocycles. The number of hydrogen-bond donors (Lipinski definition) is 3. The lowest BCUT2D eigenvalue weighted by Crippen LogP contribution is -2.13. The first-order valence-electron chi connectivity index (χ1n) is 7.33. The molecule has 0 aliphatic heterocycles. The first-order chi connectivity index (χ1) is 11.5. The number of carbonyl (C=O) groups excluding carboxylic acids is 1. The molecule has 3 N–H and O–H groups in total. The number of thiophene rings is 1. The lowest BCUT2D eigenvalue weighted by molar-refractivity contribution is 0.0601. The molecule has 2 aromatic heterocycles. The van der Waals surface area contributed by atoms with Crippen molar-refractivity contribution < 1.29 is 14.6 Å². The van der Waals surface area contributed by atoms with E-state index in [4.69, 9.17) is 17.0 Å². The van der Waals surface area contributed by atoms with Gasteiger partial charge in [0.2, 0.25) is 5.88 Å². The van der Waals surface area contributed by atoms with Crippen molar-refractivity contribution in [3.05, 3.63) is 36.7 Å². The Balaban J connectivity index is 2.07. The SMILES string of the molecule is COC(=O)c1c(N=Cc2c(O)[nH]c(=S)[nH]c2=O)sc2c1CCCC2. The van der Waals surface area contributed by atoms with Crippen LogP contribution in [-0.4, -0.2) is 34.4 Å². The molecule has 0 fully saturated rings. The Morgan fingerprint density at radius 3 is 2.83 bits per heavy atom. The van der Waals surface area contributed by atoms with Gasteiger partial charge < -0.3 is 14.8 Å². The zero-order chi connectivity index (χ0) is 17.3. The summed E-state index contributed by atoms with van der Waals surface area (Å²) in [4.78, 5) is 34.2. The minimum atomic E-state index is -0.555. The van der Waals surface area contributed by atoms with Crippen molar-refractivity contribution >= 4 is 40.7 Å². The Morgan fingerprint density at radius 1 is 1.38 bits per heavy atom. The summed E-state index contributed by atoms with van der Waals surface area (Å²) in [6.45, 7) is 0. The van der Waals surface area contributed by atoms with Crippen molar-refractivity contribution in [1.29, 1.82) is 0 Å². The number of H-pyrrole nitrogens is 2. The van der Waals surface area contributed by atoms with E-state index in [-0.39, 0.29) is 16.2 Å². The van der Waals surface area contributed by atoms with E-state index in [0.717, 1.165) is 36.1 Å². The molecule has 0 unspecified atom stereocenters. The predicted octanol–water partition coefficient (Wildman–Crippen LogP) is 2.62. The van der Waals surface area contributed by atoms with Crippen LogP contribution in [0.3, 0.4) is 0 Å². The van der Waals surface area contributed by atoms with Crippen LogP contribution < -0.4 is 5.56 Å². The van der Waals surface area contributed by atoms with E-state index in [0.29, 0.717) is 10.6 Å². The monoisotopic (exact) mass is 365 g/mol. The standard InChI is InChI=1S/C15H15N3O4S2/c1-22-14(21)10-7-4-2-3-5-9(7)24-13(10)16-6-8-11(19)17-15(23)18-12(8)20/h6H,2-5H2,1H3,(H3,17,18,19,20,23). The molecule has 3 rings (SSSR count). The molecule has 2 heterocycles. The van der Waals surface area contributed by atoms with Gasteiger partial charge in [0, 0.05) is 11.1 Å². The number of aromatic amines is 2.